The van der Waals surface area contributed by atoms with Crippen LogP contribution in [0.25, 0.3) is 0 Å². The maximum atomic E-state index is 13.5. The first-order chi connectivity index (χ1) is 17.1. The fourth-order valence-corrected chi connectivity index (χ4v) is 10.3. The van der Waals surface area contributed by atoms with E-state index in [1.165, 1.54) is 42.4 Å². The van der Waals surface area contributed by atoms with Crippen molar-refractivity contribution in [2.75, 3.05) is 36.4 Å². The van der Waals surface area contributed by atoms with Crippen molar-refractivity contribution in [2.24, 2.45) is 0 Å². The van der Waals surface area contributed by atoms with E-state index in [1.807, 2.05) is 0 Å². The molecule has 7 nitrogen and oxygen atoms in total. The van der Waals surface area contributed by atoms with Gasteiger partial charge in [0.05, 0.1) is 18.5 Å². The number of hydrogen-bond acceptors (Lipinski definition) is 5. The standard InChI is InChI=1S/C25H34F2N4O3SSi/c1-3-36(4-2)17-15-30(16-18-36)23-22(9-6-12-28-23)24(32)29-20-7-5-8-21(19-20)35(33,34)31-13-10-25(26,27)11-14-31/h5-9,12,19H,3-4,10-11,13-18H2,1-2H3,(H,29,32). The predicted molar refractivity (Wildman–Crippen MR) is 140 cm³/mol. The van der Waals surface area contributed by atoms with E-state index >= 15 is 0 Å². The van der Waals surface area contributed by atoms with Crippen LogP contribution < -0.4 is 10.2 Å². The van der Waals surface area contributed by atoms with Gasteiger partial charge in [-0.1, -0.05) is 32.0 Å². The van der Waals surface area contributed by atoms with E-state index in [2.05, 4.69) is 29.0 Å². The third kappa shape index (κ3) is 5.62. The first-order valence-corrected chi connectivity index (χ1v) is 16.9. The smallest absolute Gasteiger partial charge is 0.259 e. The lowest BCUT2D eigenvalue weighted by atomic mass is 10.1. The highest BCUT2D eigenvalue weighted by Gasteiger charge is 2.39. The van der Waals surface area contributed by atoms with Crippen LogP contribution in [0.3, 0.4) is 0 Å². The van der Waals surface area contributed by atoms with Crippen LogP contribution in [0.2, 0.25) is 24.2 Å². The zero-order valence-corrected chi connectivity index (χ0v) is 22.7. The Morgan fingerprint density at radius 1 is 1.06 bits per heavy atom. The number of pyridine rings is 1. The van der Waals surface area contributed by atoms with E-state index in [-0.39, 0.29) is 23.9 Å². The topological polar surface area (TPSA) is 82.6 Å². The summed E-state index contributed by atoms with van der Waals surface area (Å²) >= 11 is 0. The molecule has 0 spiro atoms. The summed E-state index contributed by atoms with van der Waals surface area (Å²) in [6.07, 6.45) is 0.687. The highest BCUT2D eigenvalue weighted by Crippen LogP contribution is 2.33. The van der Waals surface area contributed by atoms with E-state index in [9.17, 15) is 22.0 Å². The average Bonchev–Trinajstić information content (AvgIpc) is 2.88. The molecule has 1 amide bonds. The van der Waals surface area contributed by atoms with Crippen molar-refractivity contribution >= 4 is 35.5 Å². The van der Waals surface area contributed by atoms with E-state index in [1.54, 1.807) is 24.4 Å². The van der Waals surface area contributed by atoms with Gasteiger partial charge in [0.2, 0.25) is 10.0 Å². The molecule has 196 valence electrons. The third-order valence-corrected chi connectivity index (χ3v) is 15.3. The second-order valence-corrected chi connectivity index (χ2v) is 17.2. The van der Waals surface area contributed by atoms with Crippen LogP contribution in [0.5, 0.6) is 0 Å². The summed E-state index contributed by atoms with van der Waals surface area (Å²) in [6.45, 7) is 5.88. The van der Waals surface area contributed by atoms with Gasteiger partial charge in [0, 0.05) is 50.9 Å². The van der Waals surface area contributed by atoms with E-state index in [4.69, 9.17) is 0 Å². The fraction of sp³-hybridized carbons (Fsp3) is 0.520. The molecule has 0 unspecified atom stereocenters. The number of rotatable bonds is 7. The Morgan fingerprint density at radius 3 is 2.36 bits per heavy atom. The number of anilines is 2. The molecule has 36 heavy (non-hydrogen) atoms. The van der Waals surface area contributed by atoms with Crippen molar-refractivity contribution in [3.05, 3.63) is 48.2 Å². The molecule has 0 atom stereocenters. The molecule has 0 radical (unpaired) electrons. The molecule has 2 aliphatic rings. The number of halogens is 2. The second-order valence-electron chi connectivity index (χ2n) is 9.81. The maximum absolute atomic E-state index is 13.5. The largest absolute Gasteiger partial charge is 0.357 e. The van der Waals surface area contributed by atoms with Gasteiger partial charge in [0.1, 0.15) is 5.82 Å². The molecule has 2 fully saturated rings. The van der Waals surface area contributed by atoms with Crippen molar-refractivity contribution in [1.29, 1.82) is 0 Å². The minimum atomic E-state index is -3.94. The third-order valence-electron chi connectivity index (χ3n) is 7.84. The van der Waals surface area contributed by atoms with Crippen LogP contribution in [-0.2, 0) is 10.0 Å². The lowest BCUT2D eigenvalue weighted by molar-refractivity contribution is -0.0412. The number of benzene rings is 1. The van der Waals surface area contributed by atoms with E-state index < -0.39 is 36.9 Å². The number of carbonyl (C=O) groups is 1. The van der Waals surface area contributed by atoms with Crippen molar-refractivity contribution in [3.63, 3.8) is 0 Å². The van der Waals surface area contributed by atoms with E-state index in [0.717, 1.165) is 17.4 Å². The molecular formula is C25H34F2N4O3SSi. The summed E-state index contributed by atoms with van der Waals surface area (Å²) in [5.74, 6) is -2.57. The molecule has 1 aromatic heterocycles. The van der Waals surface area contributed by atoms with Gasteiger partial charge in [-0.3, -0.25) is 4.79 Å². The molecular weight excluding hydrogens is 502 g/mol. The number of nitrogens with zero attached hydrogens (tertiary/aromatic N) is 3. The van der Waals surface area contributed by atoms with Crippen LogP contribution in [0.15, 0.2) is 47.5 Å². The number of nitrogens with one attached hydrogen (secondary N) is 1. The normalized spacial score (nSPS) is 20.2. The van der Waals surface area contributed by atoms with Crippen LogP contribution in [0.1, 0.15) is 37.0 Å². The van der Waals surface area contributed by atoms with Gasteiger partial charge in [-0.2, -0.15) is 4.31 Å². The summed E-state index contributed by atoms with van der Waals surface area (Å²) in [6, 6.07) is 14.3. The van der Waals surface area contributed by atoms with Gasteiger partial charge in [-0.25, -0.2) is 22.2 Å². The Hall–Kier alpha value is -2.37. The molecule has 1 N–H and O–H groups in total. The maximum Gasteiger partial charge on any atom is 0.259 e. The summed E-state index contributed by atoms with van der Waals surface area (Å²) in [7, 11) is -5.17. The molecule has 0 saturated carbocycles. The Bertz CT molecular complexity index is 1190. The summed E-state index contributed by atoms with van der Waals surface area (Å²) in [5.41, 5.74) is 0.756. The highest BCUT2D eigenvalue weighted by molar-refractivity contribution is 7.89. The van der Waals surface area contributed by atoms with Crippen molar-refractivity contribution in [1.82, 2.24) is 9.29 Å². The molecule has 4 rings (SSSR count). The number of amides is 1. The monoisotopic (exact) mass is 536 g/mol. The summed E-state index contributed by atoms with van der Waals surface area (Å²) < 4.78 is 54.1. The molecule has 3 heterocycles. The minimum absolute atomic E-state index is 0.0339. The molecule has 1 aromatic carbocycles. The number of sulfonamides is 1. The molecule has 11 heteroatoms. The Balaban J connectivity index is 1.49. The highest BCUT2D eigenvalue weighted by atomic mass is 32.2. The van der Waals surface area contributed by atoms with Gasteiger partial charge in [-0.15, -0.1) is 0 Å². The lowest BCUT2D eigenvalue weighted by Crippen LogP contribution is -2.46. The summed E-state index contributed by atoms with van der Waals surface area (Å²) in [5, 5.41) is 2.80. The average molecular weight is 537 g/mol. The number of hydrogen-bond donors (Lipinski definition) is 1. The van der Waals surface area contributed by atoms with E-state index in [0.29, 0.717) is 17.1 Å². The zero-order chi connectivity index (χ0) is 26.0. The molecule has 0 aliphatic carbocycles. The first kappa shape index (κ1) is 26.7. The second kappa shape index (κ2) is 10.5. The van der Waals surface area contributed by atoms with Crippen LogP contribution in [-0.4, -0.2) is 63.8 Å². The molecule has 0 bridgehead atoms. The predicted octanol–water partition coefficient (Wildman–Crippen LogP) is 5.06. The van der Waals surface area contributed by atoms with Crippen molar-refractivity contribution in [3.8, 4) is 0 Å². The van der Waals surface area contributed by atoms with Crippen LogP contribution >= 0.6 is 0 Å². The number of alkyl halides is 2. The van der Waals surface area contributed by atoms with Crippen molar-refractivity contribution < 1.29 is 22.0 Å². The van der Waals surface area contributed by atoms with Gasteiger partial charge in [0.15, 0.2) is 0 Å². The van der Waals surface area contributed by atoms with Gasteiger partial charge >= 0.3 is 0 Å². The minimum Gasteiger partial charge on any atom is -0.357 e. The Morgan fingerprint density at radius 2 is 1.72 bits per heavy atom. The first-order valence-electron chi connectivity index (χ1n) is 12.6. The Labute approximate surface area is 213 Å². The van der Waals surface area contributed by atoms with Crippen molar-refractivity contribution in [2.45, 2.75) is 61.7 Å². The van der Waals surface area contributed by atoms with Gasteiger partial charge < -0.3 is 10.2 Å². The number of aromatic nitrogens is 1. The lowest BCUT2D eigenvalue weighted by Gasteiger charge is -2.40. The van der Waals surface area contributed by atoms with Gasteiger partial charge in [0.25, 0.3) is 11.8 Å². The molecule has 2 aromatic rings. The van der Waals surface area contributed by atoms with Crippen LogP contribution in [0.4, 0.5) is 20.3 Å². The van der Waals surface area contributed by atoms with Crippen LogP contribution in [0, 0.1) is 0 Å². The number of piperidine rings is 1. The van der Waals surface area contributed by atoms with Gasteiger partial charge in [-0.05, 0) is 42.4 Å². The molecule has 2 aliphatic heterocycles. The fourth-order valence-electron chi connectivity index (χ4n) is 5.11. The quantitative estimate of drug-likeness (QED) is 0.500. The summed E-state index contributed by atoms with van der Waals surface area (Å²) in [4.78, 5) is 19.9. The number of carbonyl (C=O) groups excluding carboxylic acids is 1. The zero-order valence-electron chi connectivity index (χ0n) is 20.8. The molecule has 2 saturated heterocycles. The SMILES string of the molecule is CC[Si]1(CC)CCN(c2ncccc2C(=O)Nc2cccc(S(=O)(=O)N3CCC(F)(F)CC3)c2)CC1. The Kier molecular flexibility index (Phi) is 7.82.